The number of benzene rings is 1. The molecule has 0 bridgehead atoms. The largest absolute Gasteiger partial charge is 0.372 e. The monoisotopic (exact) mass is 495 g/mol. The molecule has 2 amide bonds. The van der Waals surface area contributed by atoms with Gasteiger partial charge in [-0.2, -0.15) is 4.98 Å². The number of carbonyl (C=O) groups is 2. The molecule has 10 heteroatoms. The van der Waals surface area contributed by atoms with Gasteiger partial charge in [-0.3, -0.25) is 9.59 Å². The Labute approximate surface area is 212 Å². The summed E-state index contributed by atoms with van der Waals surface area (Å²) in [5.41, 5.74) is 1.31. The molecule has 0 spiro atoms. The van der Waals surface area contributed by atoms with Gasteiger partial charge >= 0.3 is 0 Å². The molecule has 0 fully saturated rings. The average Bonchev–Trinajstić information content (AvgIpc) is 2.86. The van der Waals surface area contributed by atoms with Crippen LogP contribution in [-0.4, -0.2) is 78.9 Å². The predicted octanol–water partition coefficient (Wildman–Crippen LogP) is 2.61. The van der Waals surface area contributed by atoms with Gasteiger partial charge in [-0.1, -0.05) is 17.9 Å². The quantitative estimate of drug-likeness (QED) is 0.250. The minimum atomic E-state index is -0.579. The molecule has 0 unspecified atom stereocenters. The Bertz CT molecular complexity index is 1110. The van der Waals surface area contributed by atoms with Crippen LogP contribution in [0.1, 0.15) is 25.3 Å². The zero-order valence-corrected chi connectivity index (χ0v) is 21.4. The summed E-state index contributed by atoms with van der Waals surface area (Å²) in [7, 11) is 7.18. The SMILES string of the molecule is CNc1nc(Nc2ccc(F)cc2)ncc1C#CCCCNC(=O)[C@H](C)N(C)C(=O)/C=C/CN(C)C. The third kappa shape index (κ3) is 9.35. The van der Waals surface area contributed by atoms with Crippen molar-refractivity contribution in [1.82, 2.24) is 25.1 Å². The van der Waals surface area contributed by atoms with E-state index in [1.807, 2.05) is 19.0 Å². The number of nitrogens with one attached hydrogen (secondary N) is 3. The van der Waals surface area contributed by atoms with Gasteiger partial charge in [-0.15, -0.1) is 0 Å². The van der Waals surface area contributed by atoms with Crippen molar-refractivity contribution in [2.45, 2.75) is 25.8 Å². The molecule has 1 atom stereocenters. The summed E-state index contributed by atoms with van der Waals surface area (Å²) in [6.07, 6.45) is 6.08. The molecule has 0 aliphatic heterocycles. The molecule has 192 valence electrons. The lowest BCUT2D eigenvalue weighted by Gasteiger charge is -2.23. The second-order valence-electron chi connectivity index (χ2n) is 8.32. The second kappa shape index (κ2) is 14.4. The Morgan fingerprint density at radius 1 is 1.19 bits per heavy atom. The number of amides is 2. The molecule has 3 N–H and O–H groups in total. The van der Waals surface area contributed by atoms with E-state index < -0.39 is 6.04 Å². The molecule has 0 saturated heterocycles. The van der Waals surface area contributed by atoms with E-state index in [0.717, 1.165) is 0 Å². The number of hydrogen-bond donors (Lipinski definition) is 3. The van der Waals surface area contributed by atoms with Crippen LogP contribution in [0.2, 0.25) is 0 Å². The fraction of sp³-hybridized carbons (Fsp3) is 0.385. The summed E-state index contributed by atoms with van der Waals surface area (Å²) < 4.78 is 13.1. The zero-order valence-electron chi connectivity index (χ0n) is 21.4. The maximum absolute atomic E-state index is 13.1. The molecule has 1 heterocycles. The normalized spacial score (nSPS) is 11.5. The molecular weight excluding hydrogens is 461 g/mol. The average molecular weight is 496 g/mol. The summed E-state index contributed by atoms with van der Waals surface area (Å²) >= 11 is 0. The highest BCUT2D eigenvalue weighted by Gasteiger charge is 2.20. The van der Waals surface area contributed by atoms with Gasteiger partial charge < -0.3 is 25.8 Å². The molecule has 0 aliphatic carbocycles. The third-order valence-corrected chi connectivity index (χ3v) is 5.17. The summed E-state index contributed by atoms with van der Waals surface area (Å²) in [6, 6.07) is 5.33. The topological polar surface area (TPSA) is 102 Å². The van der Waals surface area contributed by atoms with Crippen molar-refractivity contribution in [2.24, 2.45) is 0 Å². The van der Waals surface area contributed by atoms with Crippen LogP contribution >= 0.6 is 0 Å². The predicted molar refractivity (Wildman–Crippen MR) is 140 cm³/mol. The Hall–Kier alpha value is -3.97. The summed E-state index contributed by atoms with van der Waals surface area (Å²) in [4.78, 5) is 36.6. The number of hydrogen-bond acceptors (Lipinski definition) is 7. The van der Waals surface area contributed by atoms with Crippen LogP contribution < -0.4 is 16.0 Å². The first-order chi connectivity index (χ1) is 17.2. The lowest BCUT2D eigenvalue weighted by Crippen LogP contribution is -2.45. The Balaban J connectivity index is 1.80. The number of halogens is 1. The van der Waals surface area contributed by atoms with E-state index in [2.05, 4.69) is 37.8 Å². The highest BCUT2D eigenvalue weighted by Crippen LogP contribution is 2.17. The lowest BCUT2D eigenvalue weighted by atomic mass is 10.2. The first-order valence-corrected chi connectivity index (χ1v) is 11.6. The van der Waals surface area contributed by atoms with E-state index >= 15 is 0 Å². The molecule has 1 aromatic carbocycles. The van der Waals surface area contributed by atoms with E-state index in [-0.39, 0.29) is 17.6 Å². The maximum Gasteiger partial charge on any atom is 0.246 e. The van der Waals surface area contributed by atoms with Gasteiger partial charge in [0.1, 0.15) is 17.7 Å². The van der Waals surface area contributed by atoms with E-state index in [1.54, 1.807) is 45.4 Å². The summed E-state index contributed by atoms with van der Waals surface area (Å²) in [5, 5.41) is 8.86. The van der Waals surface area contributed by atoms with Crippen LogP contribution in [0.25, 0.3) is 0 Å². The van der Waals surface area contributed by atoms with Crippen molar-refractivity contribution in [3.8, 4) is 11.8 Å². The van der Waals surface area contributed by atoms with Crippen molar-refractivity contribution >= 4 is 29.3 Å². The van der Waals surface area contributed by atoms with Crippen molar-refractivity contribution in [3.05, 3.63) is 54.0 Å². The number of aromatic nitrogens is 2. The standard InChI is InChI=1S/C26H34FN7O2/c1-19(34(5)23(35)11-9-17-33(3)4)25(36)29-16-8-6-7-10-20-18-30-26(32-24(20)28-2)31-22-14-12-21(27)13-15-22/h9,11-15,18-19H,6,8,16-17H2,1-5H3,(H,29,36)(H2,28,30,31,32)/b11-9+/t19-/m0/s1. The van der Waals surface area contributed by atoms with Gasteiger partial charge in [-0.05, 0) is 51.7 Å². The second-order valence-corrected chi connectivity index (χ2v) is 8.32. The van der Waals surface area contributed by atoms with Crippen LogP contribution in [0.15, 0.2) is 42.6 Å². The minimum Gasteiger partial charge on any atom is -0.372 e. The first-order valence-electron chi connectivity index (χ1n) is 11.6. The van der Waals surface area contributed by atoms with Crippen LogP contribution in [0, 0.1) is 17.7 Å². The fourth-order valence-electron chi connectivity index (χ4n) is 2.93. The van der Waals surface area contributed by atoms with Gasteiger partial charge in [0.15, 0.2) is 0 Å². The molecule has 0 saturated carbocycles. The minimum absolute atomic E-state index is 0.213. The van der Waals surface area contributed by atoms with Crippen molar-refractivity contribution in [1.29, 1.82) is 0 Å². The fourth-order valence-corrected chi connectivity index (χ4v) is 2.93. The van der Waals surface area contributed by atoms with Gasteiger partial charge in [0.2, 0.25) is 17.8 Å². The summed E-state index contributed by atoms with van der Waals surface area (Å²) in [5.74, 6) is 6.30. The molecule has 9 nitrogen and oxygen atoms in total. The Kier molecular flexibility index (Phi) is 11.3. The van der Waals surface area contributed by atoms with Gasteiger partial charge in [-0.25, -0.2) is 9.37 Å². The Morgan fingerprint density at radius 3 is 2.58 bits per heavy atom. The van der Waals surface area contributed by atoms with Crippen LogP contribution in [-0.2, 0) is 9.59 Å². The van der Waals surface area contributed by atoms with Crippen molar-refractivity contribution in [3.63, 3.8) is 0 Å². The van der Waals surface area contributed by atoms with Gasteiger partial charge in [0.05, 0.1) is 11.8 Å². The highest BCUT2D eigenvalue weighted by molar-refractivity contribution is 5.92. The first kappa shape index (κ1) is 28.3. The molecular formula is C26H34FN7O2. The highest BCUT2D eigenvalue weighted by atomic mass is 19.1. The number of anilines is 3. The molecule has 36 heavy (non-hydrogen) atoms. The molecule has 1 aromatic heterocycles. The van der Waals surface area contributed by atoms with Gasteiger partial charge in [0, 0.05) is 45.4 Å². The van der Waals surface area contributed by atoms with E-state index in [1.165, 1.54) is 23.1 Å². The van der Waals surface area contributed by atoms with Crippen LogP contribution in [0.4, 0.5) is 21.8 Å². The van der Waals surface area contributed by atoms with Crippen molar-refractivity contribution in [2.75, 3.05) is 51.9 Å². The van der Waals surface area contributed by atoms with Crippen LogP contribution in [0.3, 0.4) is 0 Å². The third-order valence-electron chi connectivity index (χ3n) is 5.17. The van der Waals surface area contributed by atoms with E-state index in [4.69, 9.17) is 0 Å². The van der Waals surface area contributed by atoms with Crippen LogP contribution in [0.5, 0.6) is 0 Å². The lowest BCUT2D eigenvalue weighted by molar-refractivity contribution is -0.135. The molecule has 0 aliphatic rings. The molecule has 2 aromatic rings. The number of unbranched alkanes of at least 4 members (excludes halogenated alkanes) is 1. The Morgan fingerprint density at radius 2 is 1.92 bits per heavy atom. The number of carbonyl (C=O) groups excluding carboxylic acids is 2. The number of likely N-dealkylation sites (N-methyl/N-ethyl adjacent to an activating group) is 2. The van der Waals surface area contributed by atoms with E-state index in [0.29, 0.717) is 48.9 Å². The van der Waals surface area contributed by atoms with Crippen molar-refractivity contribution < 1.29 is 14.0 Å². The molecule has 2 rings (SSSR count). The number of rotatable bonds is 11. The summed E-state index contributed by atoms with van der Waals surface area (Å²) in [6.45, 7) is 2.80. The van der Waals surface area contributed by atoms with E-state index in [9.17, 15) is 14.0 Å². The molecule has 0 radical (unpaired) electrons. The maximum atomic E-state index is 13.1. The number of nitrogens with zero attached hydrogens (tertiary/aromatic N) is 4. The zero-order chi connectivity index (χ0) is 26.5. The smallest absolute Gasteiger partial charge is 0.246 e. The van der Waals surface area contributed by atoms with Gasteiger partial charge in [0.25, 0.3) is 0 Å².